The van der Waals surface area contributed by atoms with Crippen molar-refractivity contribution >= 4 is 135 Å². The van der Waals surface area contributed by atoms with Gasteiger partial charge in [0, 0.05) is 46.7 Å². The Labute approximate surface area is 227 Å². The molecule has 1 rings (SSSR count). The maximum Gasteiger partial charge on any atom is 0.0328 e. The Hall–Kier alpha value is 3.07. The monoisotopic (exact) mass is 584 g/mol. The molecule has 1 aromatic rings. The Morgan fingerprint density at radius 3 is 1.71 bits per heavy atom. The van der Waals surface area contributed by atoms with Crippen molar-refractivity contribution in [3.05, 3.63) is 12.1 Å². The van der Waals surface area contributed by atoms with Crippen LogP contribution in [0.25, 0.3) is 0 Å². The van der Waals surface area contributed by atoms with Crippen molar-refractivity contribution in [3.8, 4) is 0 Å². The van der Waals surface area contributed by atoms with Gasteiger partial charge in [0.25, 0.3) is 0 Å². The van der Waals surface area contributed by atoms with Gasteiger partial charge in [-0.05, 0) is 41.6 Å². The molecular formula is C17H28S11. The lowest BCUT2D eigenvalue weighted by atomic mass is 9.76. The summed E-state index contributed by atoms with van der Waals surface area (Å²) in [5, 5.41) is 0.0441. The van der Waals surface area contributed by atoms with E-state index in [0.717, 1.165) is 43.3 Å². The molecule has 0 saturated carbocycles. The van der Waals surface area contributed by atoms with Crippen LogP contribution in [0.1, 0.15) is 13.3 Å². The highest BCUT2D eigenvalue weighted by Gasteiger charge is 2.45. The van der Waals surface area contributed by atoms with Crippen LogP contribution in [0, 0.1) is 10.8 Å². The van der Waals surface area contributed by atoms with Crippen LogP contribution in [0.15, 0.2) is 31.7 Å². The van der Waals surface area contributed by atoms with Crippen molar-refractivity contribution in [1.29, 1.82) is 0 Å². The quantitative estimate of drug-likeness (QED) is 0.0960. The first-order valence-electron chi connectivity index (χ1n) is 8.51. The summed E-state index contributed by atoms with van der Waals surface area (Å²) < 4.78 is 0. The van der Waals surface area contributed by atoms with E-state index in [0.29, 0.717) is 11.5 Å². The van der Waals surface area contributed by atoms with Gasteiger partial charge < -0.3 is 0 Å². The highest BCUT2D eigenvalue weighted by atomic mass is 33.1. The molecule has 0 nitrogen and oxygen atoms in total. The van der Waals surface area contributed by atoms with E-state index in [4.69, 9.17) is 25.3 Å². The topological polar surface area (TPSA) is 0 Å². The molecule has 0 bridgehead atoms. The Balaban J connectivity index is 2.97. The maximum atomic E-state index is 5.03. The molecule has 0 amide bonds. The van der Waals surface area contributed by atoms with Crippen molar-refractivity contribution in [2.24, 2.45) is 10.8 Å². The average molecular weight is 585 g/mol. The van der Waals surface area contributed by atoms with E-state index in [1.165, 1.54) is 0 Å². The van der Waals surface area contributed by atoms with Crippen LogP contribution in [0.3, 0.4) is 0 Å². The molecule has 2 atom stereocenters. The molecule has 0 N–H and O–H groups in total. The SMILES string of the molecule is CCC(CS)(CS)C(S)C(S)C(CS)(CS)CSSc1cc(S)c(S)cc1S. The number of thiol groups is 9. The summed E-state index contributed by atoms with van der Waals surface area (Å²) in [5.41, 5.74) is -0.270. The van der Waals surface area contributed by atoms with Gasteiger partial charge in [0.1, 0.15) is 0 Å². The third-order valence-electron chi connectivity index (χ3n) is 5.07. The molecule has 162 valence electrons. The van der Waals surface area contributed by atoms with Crippen molar-refractivity contribution in [2.75, 3.05) is 28.8 Å². The summed E-state index contributed by atoms with van der Waals surface area (Å²) in [4.78, 5) is 3.63. The Morgan fingerprint density at radius 2 is 1.25 bits per heavy atom. The minimum Gasteiger partial charge on any atom is -0.179 e. The molecule has 0 aromatic heterocycles. The Morgan fingerprint density at radius 1 is 0.786 bits per heavy atom. The second kappa shape index (κ2) is 13.7. The van der Waals surface area contributed by atoms with E-state index in [2.05, 4.69) is 95.3 Å². The first kappa shape index (κ1) is 29.1. The van der Waals surface area contributed by atoms with Crippen LogP contribution in [0.5, 0.6) is 0 Å². The van der Waals surface area contributed by atoms with Crippen LogP contribution < -0.4 is 0 Å². The molecule has 0 spiro atoms. The van der Waals surface area contributed by atoms with Gasteiger partial charge in [-0.2, -0.15) is 75.8 Å². The van der Waals surface area contributed by atoms with Crippen LogP contribution in [0.2, 0.25) is 0 Å². The predicted octanol–water partition coefficient (Wildman–Crippen LogP) is 6.99. The standard InChI is InChI=1S/C17H28S11/c1-2-16(5-18,6-19)14(25)15(26)17(7-20,8-21)9-27-28-13-4-11(23)10(22)3-12(13)24/h3-4,14-15,18-26H,2,5-9H2,1H3. The fourth-order valence-corrected chi connectivity index (χ4v) is 11.0. The maximum absolute atomic E-state index is 5.03. The van der Waals surface area contributed by atoms with E-state index < -0.39 is 0 Å². The number of rotatable bonds is 12. The zero-order valence-electron chi connectivity index (χ0n) is 15.4. The molecular weight excluding hydrogens is 557 g/mol. The molecule has 0 fully saturated rings. The molecule has 0 radical (unpaired) electrons. The van der Waals surface area contributed by atoms with E-state index in [1.807, 2.05) is 12.1 Å². The smallest absolute Gasteiger partial charge is 0.0328 e. The summed E-state index contributed by atoms with van der Waals surface area (Å²) in [6.07, 6.45) is 0.951. The average Bonchev–Trinajstić information content (AvgIpc) is 2.70. The van der Waals surface area contributed by atoms with Gasteiger partial charge in [-0.1, -0.05) is 28.5 Å². The van der Waals surface area contributed by atoms with Gasteiger partial charge >= 0.3 is 0 Å². The third kappa shape index (κ3) is 7.03. The van der Waals surface area contributed by atoms with Gasteiger partial charge in [-0.25, -0.2) is 0 Å². The molecule has 28 heavy (non-hydrogen) atoms. The first-order chi connectivity index (χ1) is 13.2. The molecule has 0 saturated heterocycles. The minimum absolute atomic E-state index is 0.00825. The second-order valence-electron chi connectivity index (χ2n) is 6.75. The zero-order chi connectivity index (χ0) is 21.5. The van der Waals surface area contributed by atoms with Crippen LogP contribution in [-0.2, 0) is 0 Å². The number of hydrogen-bond donors (Lipinski definition) is 9. The Bertz CT molecular complexity index is 605. The van der Waals surface area contributed by atoms with Gasteiger partial charge in [0.15, 0.2) is 0 Å². The lowest BCUT2D eigenvalue weighted by molar-refractivity contribution is 0.294. The van der Waals surface area contributed by atoms with Gasteiger partial charge in [0.2, 0.25) is 0 Å². The zero-order valence-corrected chi connectivity index (χ0v) is 25.1. The molecule has 11 heteroatoms. The highest BCUT2D eigenvalue weighted by molar-refractivity contribution is 8.76. The summed E-state index contributed by atoms with van der Waals surface area (Å²) in [5.74, 6) is 3.63. The summed E-state index contributed by atoms with van der Waals surface area (Å²) >= 11 is 42.0. The molecule has 0 aliphatic heterocycles. The van der Waals surface area contributed by atoms with Gasteiger partial charge in [-0.15, -0.1) is 37.9 Å². The number of benzene rings is 1. The molecule has 0 aliphatic carbocycles. The summed E-state index contributed by atoms with van der Waals surface area (Å²) in [6.45, 7) is 2.16. The highest BCUT2D eigenvalue weighted by Crippen LogP contribution is 2.48. The van der Waals surface area contributed by atoms with E-state index in [-0.39, 0.29) is 21.3 Å². The fraction of sp³-hybridized carbons (Fsp3) is 0.647. The molecule has 1 aromatic carbocycles. The molecule has 0 aliphatic rings. The molecule has 0 heterocycles. The van der Waals surface area contributed by atoms with Crippen molar-refractivity contribution < 1.29 is 0 Å². The van der Waals surface area contributed by atoms with Gasteiger partial charge in [-0.3, -0.25) is 0 Å². The van der Waals surface area contributed by atoms with Crippen molar-refractivity contribution in [3.63, 3.8) is 0 Å². The van der Waals surface area contributed by atoms with Crippen molar-refractivity contribution in [2.45, 2.75) is 43.4 Å². The lowest BCUT2D eigenvalue weighted by Gasteiger charge is -2.46. The van der Waals surface area contributed by atoms with Crippen molar-refractivity contribution in [1.82, 2.24) is 0 Å². The first-order valence-corrected chi connectivity index (χ1v) is 15.7. The van der Waals surface area contributed by atoms with Crippen LogP contribution in [-0.4, -0.2) is 39.3 Å². The van der Waals surface area contributed by atoms with E-state index >= 15 is 0 Å². The number of hydrogen-bond acceptors (Lipinski definition) is 11. The van der Waals surface area contributed by atoms with Gasteiger partial charge in [0.05, 0.1) is 0 Å². The fourth-order valence-electron chi connectivity index (χ4n) is 2.58. The summed E-state index contributed by atoms with van der Waals surface area (Å²) in [7, 11) is 3.44. The lowest BCUT2D eigenvalue weighted by Crippen LogP contribution is -2.50. The summed E-state index contributed by atoms with van der Waals surface area (Å²) in [6, 6.07) is 3.92. The molecule has 2 unspecified atom stereocenters. The Kier molecular flexibility index (Phi) is 14.2. The van der Waals surface area contributed by atoms with E-state index in [1.54, 1.807) is 21.6 Å². The van der Waals surface area contributed by atoms with Crippen LogP contribution in [0.4, 0.5) is 0 Å². The van der Waals surface area contributed by atoms with Crippen LogP contribution >= 0.6 is 135 Å². The second-order valence-corrected chi connectivity index (χ2v) is 12.9. The van der Waals surface area contributed by atoms with E-state index in [9.17, 15) is 0 Å². The minimum atomic E-state index is -0.185. The normalized spacial score (nSPS) is 14.9. The third-order valence-corrected chi connectivity index (χ3v) is 13.5. The largest absolute Gasteiger partial charge is 0.179 e. The predicted molar refractivity (Wildman–Crippen MR) is 163 cm³/mol.